The van der Waals surface area contributed by atoms with E-state index in [9.17, 15) is 0 Å². The Morgan fingerprint density at radius 3 is 2.78 bits per heavy atom. The molecule has 2 aromatic carbocycles. The van der Waals surface area contributed by atoms with Crippen LogP contribution in [0.4, 0.5) is 11.4 Å². The van der Waals surface area contributed by atoms with E-state index in [1.807, 2.05) is 12.1 Å². The van der Waals surface area contributed by atoms with Gasteiger partial charge in [0.05, 0.1) is 6.54 Å². The summed E-state index contributed by atoms with van der Waals surface area (Å²) in [5, 5.41) is 3.13. The van der Waals surface area contributed by atoms with E-state index in [4.69, 9.17) is 5.73 Å². The number of nitrogens with zero attached hydrogens (tertiary/aromatic N) is 2. The maximum Gasteiger partial charge on any atom is 0.193 e. The van der Waals surface area contributed by atoms with Crippen molar-refractivity contribution in [2.75, 3.05) is 23.8 Å². The maximum absolute atomic E-state index is 5.98. The minimum atomic E-state index is 0.448. The van der Waals surface area contributed by atoms with Crippen LogP contribution in [0.25, 0.3) is 0 Å². The van der Waals surface area contributed by atoms with Crippen LogP contribution in [0.5, 0.6) is 0 Å². The van der Waals surface area contributed by atoms with E-state index in [2.05, 4.69) is 59.5 Å². The van der Waals surface area contributed by atoms with Gasteiger partial charge in [-0.25, -0.2) is 4.99 Å². The number of fused-ring (bicyclic) bond motifs is 1. The summed E-state index contributed by atoms with van der Waals surface area (Å²) >= 11 is 0. The van der Waals surface area contributed by atoms with E-state index < -0.39 is 0 Å². The molecule has 4 heteroatoms. The Bertz CT molecular complexity index is 704. The zero-order chi connectivity index (χ0) is 16.2. The quantitative estimate of drug-likeness (QED) is 0.675. The van der Waals surface area contributed by atoms with Gasteiger partial charge >= 0.3 is 0 Å². The molecule has 0 radical (unpaired) electrons. The first-order valence-electron chi connectivity index (χ1n) is 8.08. The molecule has 120 valence electrons. The molecule has 23 heavy (non-hydrogen) atoms. The highest BCUT2D eigenvalue weighted by atomic mass is 15.1. The van der Waals surface area contributed by atoms with E-state index in [1.165, 1.54) is 28.8 Å². The lowest BCUT2D eigenvalue weighted by atomic mass is 10.00. The summed E-state index contributed by atoms with van der Waals surface area (Å²) in [6.45, 7) is 3.80. The first-order valence-corrected chi connectivity index (χ1v) is 8.08. The largest absolute Gasteiger partial charge is 0.374 e. The van der Waals surface area contributed by atoms with Crippen molar-refractivity contribution in [3.63, 3.8) is 0 Å². The first-order chi connectivity index (χ1) is 11.1. The standard InChI is InChI=1S/C19H24N4/c1-14-5-8-17(9-6-14)22-19(20)21-13-15-7-10-18-16(12-15)4-3-11-23(18)2/h5-10,12H,3-4,11,13H2,1-2H3,(H3,20,21,22). The highest BCUT2D eigenvalue weighted by Crippen LogP contribution is 2.26. The van der Waals surface area contributed by atoms with Gasteiger partial charge in [-0.2, -0.15) is 0 Å². The van der Waals surface area contributed by atoms with Crippen LogP contribution in [-0.2, 0) is 13.0 Å². The Hall–Kier alpha value is -2.49. The van der Waals surface area contributed by atoms with Gasteiger partial charge in [0.2, 0.25) is 0 Å². The van der Waals surface area contributed by atoms with Crippen LogP contribution in [0.15, 0.2) is 47.5 Å². The summed E-state index contributed by atoms with van der Waals surface area (Å²) in [5.41, 5.74) is 12.1. The minimum absolute atomic E-state index is 0.448. The van der Waals surface area contributed by atoms with Gasteiger partial charge in [-0.3, -0.25) is 0 Å². The van der Waals surface area contributed by atoms with Gasteiger partial charge in [0.25, 0.3) is 0 Å². The predicted octanol–water partition coefficient (Wildman–Crippen LogP) is 3.30. The smallest absolute Gasteiger partial charge is 0.193 e. The number of aliphatic imine (C=N–C) groups is 1. The zero-order valence-electron chi connectivity index (χ0n) is 13.8. The molecule has 0 aromatic heterocycles. The van der Waals surface area contributed by atoms with Gasteiger partial charge in [0.15, 0.2) is 5.96 Å². The van der Waals surface area contributed by atoms with E-state index in [-0.39, 0.29) is 0 Å². The second-order valence-electron chi connectivity index (χ2n) is 6.18. The van der Waals surface area contributed by atoms with Crippen LogP contribution in [0.3, 0.4) is 0 Å². The highest BCUT2D eigenvalue weighted by molar-refractivity contribution is 5.92. The topological polar surface area (TPSA) is 53.6 Å². The van der Waals surface area contributed by atoms with Crippen LogP contribution >= 0.6 is 0 Å². The molecular formula is C19H24N4. The minimum Gasteiger partial charge on any atom is -0.374 e. The van der Waals surface area contributed by atoms with E-state index in [0.717, 1.165) is 18.7 Å². The lowest BCUT2D eigenvalue weighted by Gasteiger charge is -2.27. The monoisotopic (exact) mass is 308 g/mol. The van der Waals surface area contributed by atoms with Crippen LogP contribution in [0.1, 0.15) is 23.1 Å². The lowest BCUT2D eigenvalue weighted by molar-refractivity contribution is 0.743. The number of guanidine groups is 1. The second kappa shape index (κ2) is 6.73. The Labute approximate surface area is 138 Å². The van der Waals surface area contributed by atoms with E-state index in [1.54, 1.807) is 0 Å². The molecule has 0 unspecified atom stereocenters. The van der Waals surface area contributed by atoms with Crippen molar-refractivity contribution in [3.05, 3.63) is 59.2 Å². The van der Waals surface area contributed by atoms with Crippen molar-refractivity contribution in [1.29, 1.82) is 0 Å². The third-order valence-electron chi connectivity index (χ3n) is 4.25. The van der Waals surface area contributed by atoms with Crippen LogP contribution < -0.4 is 16.0 Å². The van der Waals surface area contributed by atoms with Gasteiger partial charge < -0.3 is 16.0 Å². The highest BCUT2D eigenvalue weighted by Gasteiger charge is 2.13. The number of nitrogens with two attached hydrogens (primary N) is 1. The fourth-order valence-corrected chi connectivity index (χ4v) is 2.94. The van der Waals surface area contributed by atoms with Crippen molar-refractivity contribution in [1.82, 2.24) is 0 Å². The second-order valence-corrected chi connectivity index (χ2v) is 6.18. The maximum atomic E-state index is 5.98. The first kappa shape index (κ1) is 15.4. The third kappa shape index (κ3) is 3.83. The average Bonchev–Trinajstić information content (AvgIpc) is 2.55. The zero-order valence-corrected chi connectivity index (χ0v) is 13.8. The van der Waals surface area contributed by atoms with Gasteiger partial charge in [-0.1, -0.05) is 29.8 Å². The molecule has 0 saturated carbocycles. The molecule has 3 N–H and O–H groups in total. The molecule has 4 nitrogen and oxygen atoms in total. The van der Waals surface area contributed by atoms with Crippen molar-refractivity contribution >= 4 is 17.3 Å². The third-order valence-corrected chi connectivity index (χ3v) is 4.25. The molecule has 0 fully saturated rings. The molecule has 3 rings (SSSR count). The Balaban J connectivity index is 1.66. The van der Waals surface area contributed by atoms with Crippen molar-refractivity contribution < 1.29 is 0 Å². The molecule has 0 atom stereocenters. The predicted molar refractivity (Wildman–Crippen MR) is 98.2 cm³/mol. The number of aryl methyl sites for hydroxylation is 2. The number of anilines is 2. The molecule has 0 saturated heterocycles. The fourth-order valence-electron chi connectivity index (χ4n) is 2.94. The van der Waals surface area contributed by atoms with Gasteiger partial charge in [0.1, 0.15) is 0 Å². The average molecular weight is 308 g/mol. The number of nitrogens with one attached hydrogen (secondary N) is 1. The summed E-state index contributed by atoms with van der Waals surface area (Å²) in [7, 11) is 2.15. The van der Waals surface area contributed by atoms with Crippen LogP contribution in [0.2, 0.25) is 0 Å². The summed E-state index contributed by atoms with van der Waals surface area (Å²) in [6.07, 6.45) is 2.36. The number of hydrogen-bond acceptors (Lipinski definition) is 2. The van der Waals surface area contributed by atoms with Crippen LogP contribution in [0, 0.1) is 6.92 Å². The van der Waals surface area contributed by atoms with Gasteiger partial charge in [-0.15, -0.1) is 0 Å². The summed E-state index contributed by atoms with van der Waals surface area (Å²) in [6, 6.07) is 14.7. The van der Waals surface area contributed by atoms with Crippen LogP contribution in [-0.4, -0.2) is 19.6 Å². The molecule has 1 heterocycles. The molecule has 1 aliphatic rings. The summed E-state index contributed by atoms with van der Waals surface area (Å²) < 4.78 is 0. The molecule has 1 aliphatic heterocycles. The Morgan fingerprint density at radius 1 is 1.22 bits per heavy atom. The molecule has 0 bridgehead atoms. The molecule has 0 spiro atoms. The number of hydrogen-bond donors (Lipinski definition) is 2. The molecule has 2 aromatic rings. The fraction of sp³-hybridized carbons (Fsp3) is 0.316. The van der Waals surface area contributed by atoms with Crippen molar-refractivity contribution in [2.45, 2.75) is 26.3 Å². The van der Waals surface area contributed by atoms with Gasteiger partial charge in [-0.05, 0) is 49.1 Å². The van der Waals surface area contributed by atoms with Gasteiger partial charge in [0, 0.05) is 25.0 Å². The van der Waals surface area contributed by atoms with E-state index in [0.29, 0.717) is 12.5 Å². The number of benzene rings is 2. The number of rotatable bonds is 3. The Morgan fingerprint density at radius 2 is 2.00 bits per heavy atom. The van der Waals surface area contributed by atoms with E-state index >= 15 is 0 Å². The normalized spacial score (nSPS) is 14.5. The van der Waals surface area contributed by atoms with Crippen molar-refractivity contribution in [2.24, 2.45) is 10.7 Å². The SMILES string of the molecule is Cc1ccc(NC(N)=NCc2ccc3c(c2)CCCN3C)cc1. The van der Waals surface area contributed by atoms with Crippen molar-refractivity contribution in [3.8, 4) is 0 Å². The summed E-state index contributed by atoms with van der Waals surface area (Å²) in [4.78, 5) is 6.77. The molecular weight excluding hydrogens is 284 g/mol. The lowest BCUT2D eigenvalue weighted by Crippen LogP contribution is -2.24. The Kier molecular flexibility index (Phi) is 4.51. The molecule has 0 aliphatic carbocycles. The molecule has 0 amide bonds. The summed E-state index contributed by atoms with van der Waals surface area (Å²) in [5.74, 6) is 0.448.